The van der Waals surface area contributed by atoms with Crippen LogP contribution in [0.5, 0.6) is 0 Å². The first-order chi connectivity index (χ1) is 8.66. The summed E-state index contributed by atoms with van der Waals surface area (Å²) in [5, 5.41) is 2.45. The van der Waals surface area contributed by atoms with Gasteiger partial charge in [0.1, 0.15) is 17.0 Å². The number of benzene rings is 1. The minimum absolute atomic E-state index is 0. The Hall–Kier alpha value is -1.30. The Labute approximate surface area is 123 Å². The van der Waals surface area contributed by atoms with Crippen LogP contribution in [0.4, 0.5) is 13.2 Å². The van der Waals surface area contributed by atoms with E-state index in [4.69, 9.17) is 0 Å². The van der Waals surface area contributed by atoms with E-state index in [1.165, 1.54) is 17.7 Å². The van der Waals surface area contributed by atoms with Crippen LogP contribution in [-0.2, 0) is 20.1 Å². The molecular weight excluding hydrogens is 453 g/mol. The van der Waals surface area contributed by atoms with E-state index in [1.54, 1.807) is 11.4 Å². The van der Waals surface area contributed by atoms with Gasteiger partial charge in [-0.15, -0.1) is 29.0 Å². The van der Waals surface area contributed by atoms with Crippen molar-refractivity contribution in [2.45, 2.75) is 0 Å². The Morgan fingerprint density at radius 1 is 1.16 bits per heavy atom. The minimum atomic E-state index is -1.53. The number of rotatable bonds is 1. The Kier molecular flexibility index (Phi) is 3.99. The van der Waals surface area contributed by atoms with Crippen LogP contribution in [0.3, 0.4) is 0 Å². The van der Waals surface area contributed by atoms with Gasteiger partial charge in [0.15, 0.2) is 0 Å². The van der Waals surface area contributed by atoms with Crippen LogP contribution in [0.15, 0.2) is 23.8 Å². The van der Waals surface area contributed by atoms with Crippen LogP contribution in [0.2, 0.25) is 0 Å². The van der Waals surface area contributed by atoms with Gasteiger partial charge in [0, 0.05) is 25.8 Å². The van der Waals surface area contributed by atoms with Crippen molar-refractivity contribution in [1.82, 2.24) is 9.97 Å². The molecule has 1 aromatic carbocycles. The zero-order chi connectivity index (χ0) is 12.7. The van der Waals surface area contributed by atoms with E-state index in [0.29, 0.717) is 15.9 Å². The summed E-state index contributed by atoms with van der Waals surface area (Å²) in [6.07, 6.45) is 1.29. The van der Waals surface area contributed by atoms with E-state index >= 15 is 0 Å². The molecule has 0 saturated heterocycles. The summed E-state index contributed by atoms with van der Waals surface area (Å²) in [4.78, 5) is 8.68. The molecule has 0 aliphatic heterocycles. The molecule has 1 radical (unpaired) electrons. The number of aromatic nitrogens is 2. The topological polar surface area (TPSA) is 25.8 Å². The van der Waals surface area contributed by atoms with E-state index in [9.17, 15) is 13.2 Å². The fraction of sp³-hybridized carbons (Fsp3) is 0. The minimum Gasteiger partial charge on any atom is -0.285 e. The molecule has 0 bridgehead atoms. The van der Waals surface area contributed by atoms with Gasteiger partial charge in [-0.2, -0.15) is 0 Å². The fourth-order valence-corrected chi connectivity index (χ4v) is 2.37. The Balaban J connectivity index is 0.00000133. The fourth-order valence-electron chi connectivity index (χ4n) is 1.64. The van der Waals surface area contributed by atoms with Gasteiger partial charge in [-0.25, -0.2) is 13.8 Å². The number of halogens is 3. The molecular formula is C12H4F3IrN2S-. The van der Waals surface area contributed by atoms with Gasteiger partial charge in [0.05, 0.1) is 11.6 Å². The van der Waals surface area contributed by atoms with Gasteiger partial charge in [0.25, 0.3) is 0 Å². The zero-order valence-electron chi connectivity index (χ0n) is 9.08. The van der Waals surface area contributed by atoms with Crippen molar-refractivity contribution in [3.8, 4) is 11.3 Å². The molecule has 7 heteroatoms. The summed E-state index contributed by atoms with van der Waals surface area (Å²) >= 11 is 1.38. The number of fused-ring (bicyclic) bond motifs is 1. The summed E-state index contributed by atoms with van der Waals surface area (Å²) in [6, 6.07) is 4.76. The number of hydrogen-bond acceptors (Lipinski definition) is 3. The molecule has 0 aliphatic rings. The van der Waals surface area contributed by atoms with Crippen molar-refractivity contribution in [1.29, 1.82) is 0 Å². The molecule has 99 valence electrons. The average molecular weight is 457 g/mol. The van der Waals surface area contributed by atoms with Crippen molar-refractivity contribution in [2.75, 3.05) is 0 Å². The molecule has 0 atom stereocenters. The molecule has 3 aromatic rings. The van der Waals surface area contributed by atoms with Crippen molar-refractivity contribution < 1.29 is 33.3 Å². The van der Waals surface area contributed by atoms with Gasteiger partial charge in [-0.1, -0.05) is 0 Å². The molecule has 3 rings (SSSR count). The van der Waals surface area contributed by atoms with E-state index in [2.05, 4.69) is 16.0 Å². The van der Waals surface area contributed by atoms with Gasteiger partial charge < -0.3 is 0 Å². The van der Waals surface area contributed by atoms with Crippen LogP contribution in [-0.4, -0.2) is 9.97 Å². The molecule has 0 N–H and O–H groups in total. The average Bonchev–Trinajstić information content (AvgIpc) is 2.83. The normalized spacial score (nSPS) is 10.5. The summed E-state index contributed by atoms with van der Waals surface area (Å²) in [5.74, 6) is -4.15. The predicted molar refractivity (Wildman–Crippen MR) is 61.6 cm³/mol. The number of hydrogen-bond donors (Lipinski definition) is 0. The largest absolute Gasteiger partial charge is 0.285 e. The smallest absolute Gasteiger partial charge is 0.117 e. The van der Waals surface area contributed by atoms with Crippen LogP contribution in [0, 0.1) is 23.5 Å². The van der Waals surface area contributed by atoms with Crippen LogP contribution in [0.1, 0.15) is 0 Å². The first-order valence-corrected chi connectivity index (χ1v) is 5.80. The first-order valence-electron chi connectivity index (χ1n) is 4.92. The van der Waals surface area contributed by atoms with Crippen LogP contribution >= 0.6 is 11.3 Å². The molecule has 2 nitrogen and oxygen atoms in total. The van der Waals surface area contributed by atoms with E-state index < -0.39 is 17.5 Å². The zero-order valence-corrected chi connectivity index (χ0v) is 12.3. The van der Waals surface area contributed by atoms with Crippen molar-refractivity contribution in [2.24, 2.45) is 0 Å². The molecule has 2 heterocycles. The monoisotopic (exact) mass is 458 g/mol. The second kappa shape index (κ2) is 5.36. The Morgan fingerprint density at radius 2 is 1.95 bits per heavy atom. The Morgan fingerprint density at radius 3 is 2.68 bits per heavy atom. The summed E-state index contributed by atoms with van der Waals surface area (Å²) in [7, 11) is 0. The number of nitrogens with zero attached hydrogens (tertiary/aromatic N) is 2. The first kappa shape index (κ1) is 14.1. The molecule has 0 saturated carbocycles. The molecule has 0 fully saturated rings. The van der Waals surface area contributed by atoms with E-state index in [0.717, 1.165) is 6.07 Å². The maximum Gasteiger partial charge on any atom is 0.117 e. The summed E-state index contributed by atoms with van der Waals surface area (Å²) < 4.78 is 39.2. The third-order valence-corrected chi connectivity index (χ3v) is 3.26. The van der Waals surface area contributed by atoms with Crippen molar-refractivity contribution in [3.63, 3.8) is 0 Å². The molecule has 0 unspecified atom stereocenters. The molecule has 0 amide bonds. The van der Waals surface area contributed by atoms with Crippen molar-refractivity contribution in [3.05, 3.63) is 47.4 Å². The van der Waals surface area contributed by atoms with E-state index in [1.807, 2.05) is 0 Å². The number of thiophene rings is 1. The van der Waals surface area contributed by atoms with Gasteiger partial charge in [-0.3, -0.25) is 9.37 Å². The van der Waals surface area contributed by atoms with E-state index in [-0.39, 0.29) is 25.7 Å². The summed E-state index contributed by atoms with van der Waals surface area (Å²) in [6.45, 7) is 0. The standard InChI is InChI=1S/C12H4F3N2S.Ir/c13-8-3-6(4-9(14)10(8)15)11-7-1-2-18-12(7)17-5-16-11;/h1-3,5H;/q-1;. The third-order valence-electron chi connectivity index (χ3n) is 2.43. The molecule has 0 aliphatic carbocycles. The summed E-state index contributed by atoms with van der Waals surface area (Å²) in [5.41, 5.74) is 0.399. The third kappa shape index (κ3) is 2.41. The van der Waals surface area contributed by atoms with Crippen molar-refractivity contribution >= 4 is 21.6 Å². The molecule has 19 heavy (non-hydrogen) atoms. The van der Waals surface area contributed by atoms with Gasteiger partial charge >= 0.3 is 0 Å². The SMILES string of the molecule is Fc1[c-]c(-c2ncnc3sccc23)cc(F)c1F.[Ir]. The predicted octanol–water partition coefficient (Wildman–Crippen LogP) is 3.57. The maximum atomic E-state index is 13.2. The Bertz CT molecular complexity index is 722. The second-order valence-electron chi connectivity index (χ2n) is 3.52. The van der Waals surface area contributed by atoms with Crippen LogP contribution in [0.25, 0.3) is 21.5 Å². The van der Waals surface area contributed by atoms with Gasteiger partial charge in [0.2, 0.25) is 0 Å². The quantitative estimate of drug-likeness (QED) is 0.413. The molecule has 2 aromatic heterocycles. The van der Waals surface area contributed by atoms with Crippen LogP contribution < -0.4 is 0 Å². The molecule has 0 spiro atoms. The van der Waals surface area contributed by atoms with Gasteiger partial charge in [-0.05, 0) is 16.8 Å². The second-order valence-corrected chi connectivity index (χ2v) is 4.42. The maximum absolute atomic E-state index is 13.2.